The highest BCUT2D eigenvalue weighted by molar-refractivity contribution is 8.02. The van der Waals surface area contributed by atoms with Crippen molar-refractivity contribution in [1.82, 2.24) is 9.80 Å². The Morgan fingerprint density at radius 2 is 1.97 bits per heavy atom. The molecule has 3 aliphatic heterocycles. The molecular formula is C28H44N2O5S. The van der Waals surface area contributed by atoms with Crippen LogP contribution in [0.4, 0.5) is 0 Å². The van der Waals surface area contributed by atoms with Crippen molar-refractivity contribution in [2.45, 2.75) is 87.2 Å². The molecule has 7 nitrogen and oxygen atoms in total. The molecule has 3 heterocycles. The maximum Gasteiger partial charge on any atom is 0.310 e. The van der Waals surface area contributed by atoms with Crippen molar-refractivity contribution < 1.29 is 24.2 Å². The summed E-state index contributed by atoms with van der Waals surface area (Å²) >= 11 is 1.69. The van der Waals surface area contributed by atoms with Gasteiger partial charge in [-0.1, -0.05) is 38.3 Å². The van der Waals surface area contributed by atoms with Crippen LogP contribution in [-0.4, -0.2) is 81.6 Å². The van der Waals surface area contributed by atoms with Gasteiger partial charge in [0.25, 0.3) is 0 Å². The Labute approximate surface area is 220 Å². The molecule has 3 rings (SSSR count). The van der Waals surface area contributed by atoms with E-state index in [1.54, 1.807) is 28.8 Å². The number of hydrogen-bond donors (Lipinski definition) is 1. The number of allylic oxidation sites excluding steroid dienone is 1. The summed E-state index contributed by atoms with van der Waals surface area (Å²) in [4.78, 5) is 44.9. The van der Waals surface area contributed by atoms with E-state index in [1.165, 1.54) is 0 Å². The number of hydrogen-bond acceptors (Lipinski definition) is 6. The van der Waals surface area contributed by atoms with Crippen LogP contribution in [0.5, 0.6) is 0 Å². The van der Waals surface area contributed by atoms with Crippen LogP contribution in [0, 0.1) is 11.8 Å². The van der Waals surface area contributed by atoms with Crippen LogP contribution in [-0.2, 0) is 19.1 Å². The second-order valence-electron chi connectivity index (χ2n) is 10.3. The molecular weight excluding hydrogens is 476 g/mol. The minimum atomic E-state index is -0.569. The number of aliphatic hydroxyl groups excluding tert-OH is 1. The molecule has 3 fully saturated rings. The molecule has 0 aliphatic carbocycles. The fourth-order valence-corrected chi connectivity index (χ4v) is 8.36. The minimum Gasteiger partial charge on any atom is -0.465 e. The summed E-state index contributed by atoms with van der Waals surface area (Å²) in [6.07, 6.45) is 11.8. The van der Waals surface area contributed by atoms with Gasteiger partial charge in [-0.2, -0.15) is 0 Å². The maximum absolute atomic E-state index is 14.1. The zero-order valence-corrected chi connectivity index (χ0v) is 22.7. The molecule has 202 valence electrons. The molecule has 1 spiro atoms. The van der Waals surface area contributed by atoms with E-state index in [0.29, 0.717) is 26.2 Å². The van der Waals surface area contributed by atoms with Gasteiger partial charge in [0.15, 0.2) is 0 Å². The number of carbonyl (C=O) groups excluding carboxylic acids is 3. The first-order valence-corrected chi connectivity index (χ1v) is 14.6. The Morgan fingerprint density at radius 1 is 1.19 bits per heavy atom. The van der Waals surface area contributed by atoms with Gasteiger partial charge in [-0.05, 0) is 44.9 Å². The van der Waals surface area contributed by atoms with E-state index in [0.717, 1.165) is 64.2 Å². The summed E-state index contributed by atoms with van der Waals surface area (Å²) in [6.45, 7) is 11.7. The molecule has 0 saturated carbocycles. The minimum absolute atomic E-state index is 0.0114. The molecule has 0 aromatic carbocycles. The molecule has 0 aromatic heterocycles. The molecule has 2 unspecified atom stereocenters. The number of likely N-dealkylation sites (tertiary alicyclic amines) is 1. The average Bonchev–Trinajstić information content (AvgIpc) is 3.51. The zero-order valence-electron chi connectivity index (χ0n) is 21.9. The van der Waals surface area contributed by atoms with Crippen LogP contribution in [0.2, 0.25) is 0 Å². The van der Waals surface area contributed by atoms with Crippen molar-refractivity contribution >= 4 is 29.5 Å². The van der Waals surface area contributed by atoms with Gasteiger partial charge in [0, 0.05) is 31.5 Å². The molecule has 1 N–H and O–H groups in total. The highest BCUT2D eigenvalue weighted by Crippen LogP contribution is 2.66. The number of carbonyl (C=O) groups is 3. The molecule has 8 heteroatoms. The van der Waals surface area contributed by atoms with Gasteiger partial charge in [0.1, 0.15) is 6.04 Å². The number of aliphatic hydroxyl groups is 1. The summed E-state index contributed by atoms with van der Waals surface area (Å²) < 4.78 is 5.06. The predicted octanol–water partition coefficient (Wildman–Crippen LogP) is 3.95. The van der Waals surface area contributed by atoms with Gasteiger partial charge >= 0.3 is 5.97 Å². The topological polar surface area (TPSA) is 87.1 Å². The Bertz CT molecular complexity index is 805. The van der Waals surface area contributed by atoms with E-state index in [-0.39, 0.29) is 29.6 Å². The Balaban J connectivity index is 1.86. The number of thioether (sulfide) groups is 1. The Kier molecular flexibility index (Phi) is 10.9. The zero-order chi connectivity index (χ0) is 26.1. The van der Waals surface area contributed by atoms with Gasteiger partial charge in [-0.15, -0.1) is 24.9 Å². The summed E-state index contributed by atoms with van der Waals surface area (Å²) in [7, 11) is 0. The van der Waals surface area contributed by atoms with Gasteiger partial charge in [-0.3, -0.25) is 14.4 Å². The molecule has 0 radical (unpaired) electrons. The number of fused-ring (bicyclic) bond motifs is 1. The van der Waals surface area contributed by atoms with Gasteiger partial charge in [0.2, 0.25) is 11.8 Å². The lowest BCUT2D eigenvalue weighted by molar-refractivity contribution is -0.154. The molecule has 0 aromatic rings. The molecule has 5 atom stereocenters. The fraction of sp³-hybridized carbons (Fsp3) is 0.750. The predicted molar refractivity (Wildman–Crippen MR) is 143 cm³/mol. The van der Waals surface area contributed by atoms with Gasteiger partial charge in [0.05, 0.1) is 23.2 Å². The number of ether oxygens (including phenoxy) is 1. The van der Waals surface area contributed by atoms with Gasteiger partial charge < -0.3 is 19.6 Å². The van der Waals surface area contributed by atoms with Crippen molar-refractivity contribution in [3.63, 3.8) is 0 Å². The van der Waals surface area contributed by atoms with Crippen LogP contribution in [0.3, 0.4) is 0 Å². The molecule has 3 saturated heterocycles. The van der Waals surface area contributed by atoms with Crippen LogP contribution in [0.1, 0.15) is 71.1 Å². The lowest BCUT2D eigenvalue weighted by Crippen LogP contribution is -2.55. The van der Waals surface area contributed by atoms with E-state index in [1.807, 2.05) is 4.90 Å². The quantitative estimate of drug-likeness (QED) is 0.178. The molecule has 3 aliphatic rings. The Morgan fingerprint density at radius 3 is 2.67 bits per heavy atom. The summed E-state index contributed by atoms with van der Waals surface area (Å²) in [5.74, 6) is -1.36. The fourth-order valence-electron chi connectivity index (χ4n) is 6.15. The van der Waals surface area contributed by atoms with Crippen LogP contribution in [0.25, 0.3) is 0 Å². The third kappa shape index (κ3) is 5.85. The van der Waals surface area contributed by atoms with E-state index in [2.05, 4.69) is 20.1 Å². The summed E-state index contributed by atoms with van der Waals surface area (Å²) in [6, 6.07) is -0.557. The average molecular weight is 521 g/mol. The van der Waals surface area contributed by atoms with E-state index < -0.39 is 22.6 Å². The van der Waals surface area contributed by atoms with Crippen LogP contribution in [0.15, 0.2) is 25.3 Å². The smallest absolute Gasteiger partial charge is 0.310 e. The van der Waals surface area contributed by atoms with Crippen molar-refractivity contribution in [2.24, 2.45) is 11.8 Å². The van der Waals surface area contributed by atoms with E-state index >= 15 is 0 Å². The maximum atomic E-state index is 14.1. The lowest BCUT2D eigenvalue weighted by atomic mass is 9.71. The van der Waals surface area contributed by atoms with Gasteiger partial charge in [-0.25, -0.2) is 0 Å². The SMILES string of the molecule is C=CCCCOC(=O)[C@@H]1[C@H]2C(=O)N(CCCCCCO)C(C(=O)N(CC=C)CCCC)C23CC[C@H]1S3. The highest BCUT2D eigenvalue weighted by atomic mass is 32.2. The third-order valence-corrected chi connectivity index (χ3v) is 9.80. The number of amides is 2. The summed E-state index contributed by atoms with van der Waals surface area (Å²) in [5.41, 5.74) is 0. The largest absolute Gasteiger partial charge is 0.465 e. The molecule has 2 bridgehead atoms. The van der Waals surface area contributed by atoms with Crippen molar-refractivity contribution in [3.8, 4) is 0 Å². The first-order valence-electron chi connectivity index (χ1n) is 13.7. The summed E-state index contributed by atoms with van der Waals surface area (Å²) in [5, 5.41) is 9.12. The number of unbranched alkanes of at least 4 members (excludes halogenated alkanes) is 5. The number of nitrogens with zero attached hydrogens (tertiary/aromatic N) is 2. The monoisotopic (exact) mass is 520 g/mol. The second-order valence-corrected chi connectivity index (χ2v) is 11.9. The second kappa shape index (κ2) is 13.7. The normalized spacial score (nSPS) is 28.3. The third-order valence-electron chi connectivity index (χ3n) is 7.85. The molecule has 2 amide bonds. The number of rotatable bonds is 17. The standard InChI is InChI=1S/C28H44N2O5S/c1-4-7-13-20-35-27(34)22-21-14-15-28(36-21)23(22)25(32)30(18-11-9-10-12-19-31)24(28)26(33)29(16-6-3)17-8-5-2/h4,6,21-24,31H,1,3,5,7-20H2,2H3/t21-,22+,23+,24?,28?/m1/s1. The van der Waals surface area contributed by atoms with E-state index in [4.69, 9.17) is 9.84 Å². The van der Waals surface area contributed by atoms with Crippen molar-refractivity contribution in [1.29, 1.82) is 0 Å². The first kappa shape index (κ1) is 28.8. The van der Waals surface area contributed by atoms with Crippen LogP contribution < -0.4 is 0 Å². The van der Waals surface area contributed by atoms with Crippen molar-refractivity contribution in [2.75, 3.05) is 32.8 Å². The van der Waals surface area contributed by atoms with Crippen molar-refractivity contribution in [3.05, 3.63) is 25.3 Å². The number of esters is 1. The van der Waals surface area contributed by atoms with Crippen LogP contribution >= 0.6 is 11.8 Å². The first-order chi connectivity index (χ1) is 17.5. The van der Waals surface area contributed by atoms with E-state index in [9.17, 15) is 14.4 Å². The molecule has 36 heavy (non-hydrogen) atoms. The lowest BCUT2D eigenvalue weighted by Gasteiger charge is -2.37. The Hall–Kier alpha value is -1.80. The highest BCUT2D eigenvalue weighted by Gasteiger charge is 2.74.